The minimum absolute atomic E-state index is 0.00946. The Labute approximate surface area is 278 Å². The lowest BCUT2D eigenvalue weighted by molar-refractivity contribution is 0.596. The van der Waals surface area contributed by atoms with E-state index < -0.39 is 0 Å². The molecule has 0 fully saturated rings. The van der Waals surface area contributed by atoms with Crippen molar-refractivity contribution in [1.82, 2.24) is 0 Å². The summed E-state index contributed by atoms with van der Waals surface area (Å²) >= 11 is 0. The molecule has 0 spiro atoms. The number of benzene rings is 6. The fourth-order valence-electron chi connectivity index (χ4n) is 8.51. The second kappa shape index (κ2) is 10.2. The van der Waals surface area contributed by atoms with Gasteiger partial charge in [-0.15, -0.1) is 0 Å². The van der Waals surface area contributed by atoms with Crippen molar-refractivity contribution in [2.45, 2.75) is 51.0 Å². The average Bonchev–Trinajstić information content (AvgIpc) is 3.46. The van der Waals surface area contributed by atoms with Gasteiger partial charge in [0.15, 0.2) is 0 Å². The third-order valence-electron chi connectivity index (χ3n) is 11.2. The van der Waals surface area contributed by atoms with Gasteiger partial charge in [-0.3, -0.25) is 0 Å². The Bertz CT molecular complexity index is 2300. The molecule has 0 aromatic heterocycles. The Balaban J connectivity index is 0.977. The van der Waals surface area contributed by atoms with Gasteiger partial charge in [-0.2, -0.15) is 0 Å². The molecule has 3 aliphatic rings. The summed E-state index contributed by atoms with van der Waals surface area (Å²) in [7, 11) is 0. The molecule has 0 saturated heterocycles. The maximum absolute atomic E-state index is 3.92. The van der Waals surface area contributed by atoms with Gasteiger partial charge in [0.25, 0.3) is 0 Å². The molecule has 6 aromatic carbocycles. The number of nitrogens with one attached hydrogen (secondary N) is 1. The Kier molecular flexibility index (Phi) is 6.09. The summed E-state index contributed by atoms with van der Waals surface area (Å²) in [5, 5.41) is 6.49. The topological polar surface area (TPSA) is 12.0 Å². The Morgan fingerprint density at radius 1 is 0.511 bits per heavy atom. The monoisotopic (exact) mass is 605 g/mol. The molecule has 228 valence electrons. The van der Waals surface area contributed by atoms with Gasteiger partial charge in [0.2, 0.25) is 0 Å². The Morgan fingerprint density at radius 2 is 1.11 bits per heavy atom. The molecule has 3 aliphatic carbocycles. The summed E-state index contributed by atoms with van der Waals surface area (Å²) in [6, 6.07) is 47.5. The van der Waals surface area contributed by atoms with Crippen LogP contribution in [0.2, 0.25) is 0 Å². The van der Waals surface area contributed by atoms with Crippen LogP contribution in [0, 0.1) is 0 Å². The summed E-state index contributed by atoms with van der Waals surface area (Å²) in [4.78, 5) is 0. The van der Waals surface area contributed by atoms with E-state index in [4.69, 9.17) is 0 Å². The van der Waals surface area contributed by atoms with Crippen LogP contribution in [-0.2, 0) is 10.8 Å². The molecule has 0 radical (unpaired) electrons. The molecule has 47 heavy (non-hydrogen) atoms. The molecule has 1 N–H and O–H groups in total. The zero-order valence-corrected chi connectivity index (χ0v) is 27.6. The highest BCUT2D eigenvalue weighted by atomic mass is 14.9. The van der Waals surface area contributed by atoms with Gasteiger partial charge in [0.1, 0.15) is 0 Å². The summed E-state index contributed by atoms with van der Waals surface area (Å²) in [5.74, 6) is 0. The molecule has 1 nitrogen and oxygen atoms in total. The molecular formula is C46H39N. The highest BCUT2D eigenvalue weighted by Gasteiger charge is 2.40. The number of allylic oxidation sites excluding steroid dienone is 2. The Morgan fingerprint density at radius 3 is 1.89 bits per heavy atom. The largest absolute Gasteiger partial charge is 0.379 e. The van der Waals surface area contributed by atoms with Gasteiger partial charge in [0, 0.05) is 22.6 Å². The minimum Gasteiger partial charge on any atom is -0.379 e. The highest BCUT2D eigenvalue weighted by molar-refractivity contribution is 5.91. The molecule has 1 unspecified atom stereocenters. The molecule has 0 aliphatic heterocycles. The van der Waals surface area contributed by atoms with E-state index >= 15 is 0 Å². The summed E-state index contributed by atoms with van der Waals surface area (Å²) in [5.41, 5.74) is 17.5. The van der Waals surface area contributed by atoms with Crippen molar-refractivity contribution in [3.05, 3.63) is 167 Å². The van der Waals surface area contributed by atoms with Gasteiger partial charge < -0.3 is 5.32 Å². The summed E-state index contributed by atoms with van der Waals surface area (Å²) < 4.78 is 0. The highest BCUT2D eigenvalue weighted by Crippen LogP contribution is 2.52. The van der Waals surface area contributed by atoms with Crippen LogP contribution in [0.25, 0.3) is 49.7 Å². The van der Waals surface area contributed by atoms with Gasteiger partial charge in [-0.05, 0) is 114 Å². The summed E-state index contributed by atoms with van der Waals surface area (Å²) in [6.07, 6.45) is 5.75. The molecule has 0 saturated carbocycles. The molecule has 1 heteroatoms. The van der Waals surface area contributed by atoms with E-state index in [0.717, 1.165) is 6.42 Å². The van der Waals surface area contributed by atoms with Gasteiger partial charge in [0.05, 0.1) is 0 Å². The second-order valence-electron chi connectivity index (χ2n) is 14.7. The standard InChI is InChI=1S/C46H39N/c1-45(2)41-25-33(29-10-6-5-7-11-29)16-20-37(41)39-22-18-35(27-43(39)45)47-36-19-23-40-38-21-17-34(26-42(38)46(3,4)44(40)28-36)32-15-14-30-12-8-9-13-31(30)24-32/h5-26,28,35,47H,27H2,1-4H3. The van der Waals surface area contributed by atoms with E-state index in [1.54, 1.807) is 0 Å². The minimum atomic E-state index is -0.0845. The first-order valence-corrected chi connectivity index (χ1v) is 16.9. The zero-order valence-electron chi connectivity index (χ0n) is 27.6. The van der Waals surface area contributed by atoms with Crippen molar-refractivity contribution >= 4 is 22.0 Å². The number of anilines is 1. The van der Waals surface area contributed by atoms with E-state index in [-0.39, 0.29) is 16.9 Å². The van der Waals surface area contributed by atoms with Crippen LogP contribution in [0.15, 0.2) is 145 Å². The lowest BCUT2D eigenvalue weighted by atomic mass is 9.77. The maximum atomic E-state index is 3.92. The molecular weight excluding hydrogens is 567 g/mol. The smallest absolute Gasteiger partial charge is 0.0485 e. The normalized spacial score (nSPS) is 18.1. The van der Waals surface area contributed by atoms with Gasteiger partial charge >= 0.3 is 0 Å². The number of rotatable bonds is 4. The SMILES string of the molecule is CC1(C)C2=C(C=CC(Nc3ccc4c(c3)C(C)(C)c3cc(-c5ccc6ccccc6c5)ccc3-4)C2)c2ccc(-c3ccccc3)cc21. The molecule has 6 aromatic rings. The van der Waals surface area contributed by atoms with E-state index in [9.17, 15) is 0 Å². The van der Waals surface area contributed by atoms with Crippen LogP contribution in [0.4, 0.5) is 5.69 Å². The van der Waals surface area contributed by atoms with Crippen molar-refractivity contribution in [3.63, 3.8) is 0 Å². The van der Waals surface area contributed by atoms with Crippen molar-refractivity contribution in [3.8, 4) is 33.4 Å². The van der Waals surface area contributed by atoms with Crippen LogP contribution in [-0.4, -0.2) is 6.04 Å². The van der Waals surface area contributed by atoms with Crippen LogP contribution in [0.3, 0.4) is 0 Å². The molecule has 9 rings (SSSR count). The Hall–Kier alpha value is -5.14. The number of hydrogen-bond donors (Lipinski definition) is 1. The van der Waals surface area contributed by atoms with Crippen molar-refractivity contribution in [2.24, 2.45) is 0 Å². The van der Waals surface area contributed by atoms with Gasteiger partial charge in [-0.25, -0.2) is 0 Å². The first kappa shape index (κ1) is 28.1. The quantitative estimate of drug-likeness (QED) is 0.211. The van der Waals surface area contributed by atoms with Crippen LogP contribution in [0.1, 0.15) is 56.4 Å². The zero-order chi connectivity index (χ0) is 31.9. The molecule has 0 amide bonds. The summed E-state index contributed by atoms with van der Waals surface area (Å²) in [6.45, 7) is 9.57. The van der Waals surface area contributed by atoms with E-state index in [1.807, 2.05) is 0 Å². The fraction of sp³-hybridized carbons (Fsp3) is 0.174. The maximum Gasteiger partial charge on any atom is 0.0485 e. The van der Waals surface area contributed by atoms with Crippen LogP contribution in [0.5, 0.6) is 0 Å². The van der Waals surface area contributed by atoms with Crippen molar-refractivity contribution < 1.29 is 0 Å². The van der Waals surface area contributed by atoms with Crippen LogP contribution < -0.4 is 5.32 Å². The number of hydrogen-bond acceptors (Lipinski definition) is 1. The van der Waals surface area contributed by atoms with Gasteiger partial charge in [-0.1, -0.05) is 137 Å². The third kappa shape index (κ3) is 4.37. The van der Waals surface area contributed by atoms with Crippen molar-refractivity contribution in [1.29, 1.82) is 0 Å². The third-order valence-corrected chi connectivity index (χ3v) is 11.2. The van der Waals surface area contributed by atoms with E-state index in [1.165, 1.54) is 83.2 Å². The molecule has 1 atom stereocenters. The molecule has 0 heterocycles. The lowest BCUT2D eigenvalue weighted by Crippen LogP contribution is -2.26. The lowest BCUT2D eigenvalue weighted by Gasteiger charge is -2.30. The van der Waals surface area contributed by atoms with E-state index in [0.29, 0.717) is 0 Å². The second-order valence-corrected chi connectivity index (χ2v) is 14.7. The fourth-order valence-corrected chi connectivity index (χ4v) is 8.51. The first-order chi connectivity index (χ1) is 22.8. The predicted octanol–water partition coefficient (Wildman–Crippen LogP) is 12.0. The van der Waals surface area contributed by atoms with E-state index in [2.05, 4.69) is 173 Å². The van der Waals surface area contributed by atoms with Crippen LogP contribution >= 0.6 is 0 Å². The first-order valence-electron chi connectivity index (χ1n) is 16.9. The predicted molar refractivity (Wildman–Crippen MR) is 200 cm³/mol. The van der Waals surface area contributed by atoms with Crippen molar-refractivity contribution in [2.75, 3.05) is 5.32 Å². The molecule has 0 bridgehead atoms. The number of fused-ring (bicyclic) bond motifs is 6. The average molecular weight is 606 g/mol.